The normalized spacial score (nSPS) is 19.8. The van der Waals surface area contributed by atoms with E-state index in [1.54, 1.807) is 13.8 Å². The number of hydrogen-bond acceptors (Lipinski definition) is 4. The van der Waals surface area contributed by atoms with Crippen LogP contribution in [0.1, 0.15) is 39.2 Å². The van der Waals surface area contributed by atoms with E-state index in [1.165, 1.54) is 31.2 Å². The third kappa shape index (κ3) is 4.60. The molecule has 0 spiro atoms. The first-order chi connectivity index (χ1) is 12.4. The molecule has 1 atom stereocenters. The molecule has 0 radical (unpaired) electrons. The molecule has 0 unspecified atom stereocenters. The summed E-state index contributed by atoms with van der Waals surface area (Å²) in [6, 6.07) is 4.42. The van der Waals surface area contributed by atoms with Crippen LogP contribution in [0.25, 0.3) is 0 Å². The molecule has 1 saturated heterocycles. The number of carboxylic acids is 1. The Morgan fingerprint density at radius 3 is 2.41 bits per heavy atom. The summed E-state index contributed by atoms with van der Waals surface area (Å²) in [4.78, 5) is 48.7. The van der Waals surface area contributed by atoms with Gasteiger partial charge in [-0.1, -0.05) is 12.1 Å². The van der Waals surface area contributed by atoms with Crippen LogP contribution < -0.4 is 10.6 Å². The maximum absolute atomic E-state index is 13.1. The van der Waals surface area contributed by atoms with E-state index in [1.807, 2.05) is 0 Å². The van der Waals surface area contributed by atoms with Gasteiger partial charge in [0.25, 0.3) is 5.91 Å². The van der Waals surface area contributed by atoms with Gasteiger partial charge in [0.05, 0.1) is 0 Å². The molecule has 1 heterocycles. The van der Waals surface area contributed by atoms with Crippen molar-refractivity contribution in [2.45, 2.75) is 44.7 Å². The number of imide groups is 1. The van der Waals surface area contributed by atoms with Crippen molar-refractivity contribution in [2.75, 3.05) is 6.54 Å². The van der Waals surface area contributed by atoms with Gasteiger partial charge < -0.3 is 15.7 Å². The van der Waals surface area contributed by atoms with E-state index in [0.29, 0.717) is 5.56 Å². The van der Waals surface area contributed by atoms with Crippen LogP contribution in [0.2, 0.25) is 0 Å². The van der Waals surface area contributed by atoms with Gasteiger partial charge in [-0.05, 0) is 44.9 Å². The number of carboxylic acid groups (broad SMARTS) is 1. The first kappa shape index (κ1) is 20.3. The highest BCUT2D eigenvalue weighted by Crippen LogP contribution is 2.28. The molecular formula is C18H22FN3O5. The van der Waals surface area contributed by atoms with Crippen molar-refractivity contribution in [3.05, 3.63) is 35.6 Å². The minimum Gasteiger partial charge on any atom is -0.481 e. The molecule has 1 aromatic carbocycles. The van der Waals surface area contributed by atoms with E-state index in [0.717, 1.165) is 4.90 Å². The van der Waals surface area contributed by atoms with Crippen molar-refractivity contribution in [3.63, 3.8) is 0 Å². The molecule has 27 heavy (non-hydrogen) atoms. The van der Waals surface area contributed by atoms with Crippen LogP contribution in [-0.4, -0.2) is 45.9 Å². The largest absolute Gasteiger partial charge is 0.481 e. The number of carbonyl (C=O) groups is 4. The minimum atomic E-state index is -1.40. The van der Waals surface area contributed by atoms with Crippen molar-refractivity contribution in [2.24, 2.45) is 0 Å². The predicted molar refractivity (Wildman–Crippen MR) is 93.1 cm³/mol. The topological polar surface area (TPSA) is 116 Å². The van der Waals surface area contributed by atoms with Gasteiger partial charge in [-0.2, -0.15) is 0 Å². The van der Waals surface area contributed by atoms with Crippen LogP contribution in [-0.2, 0) is 19.9 Å². The summed E-state index contributed by atoms with van der Waals surface area (Å²) in [5, 5.41) is 13.9. The van der Waals surface area contributed by atoms with Crippen LogP contribution in [0.5, 0.6) is 0 Å². The van der Waals surface area contributed by atoms with Gasteiger partial charge >= 0.3 is 12.0 Å². The molecule has 0 aliphatic carbocycles. The van der Waals surface area contributed by atoms with Crippen molar-refractivity contribution < 1.29 is 28.7 Å². The summed E-state index contributed by atoms with van der Waals surface area (Å²) in [5.74, 6) is -2.67. The maximum atomic E-state index is 13.1. The Morgan fingerprint density at radius 1 is 1.26 bits per heavy atom. The third-order valence-electron chi connectivity index (χ3n) is 4.44. The lowest BCUT2D eigenvalue weighted by molar-refractivity contribution is -0.138. The van der Waals surface area contributed by atoms with Gasteiger partial charge in [-0.25, -0.2) is 9.18 Å². The zero-order valence-corrected chi connectivity index (χ0v) is 15.3. The first-order valence-corrected chi connectivity index (χ1v) is 8.37. The van der Waals surface area contributed by atoms with Crippen molar-refractivity contribution in [1.82, 2.24) is 15.5 Å². The lowest BCUT2D eigenvalue weighted by Crippen LogP contribution is -2.49. The molecule has 2 rings (SSSR count). The summed E-state index contributed by atoms with van der Waals surface area (Å²) in [5.41, 5.74) is -1.81. The summed E-state index contributed by atoms with van der Waals surface area (Å²) in [6.07, 6.45) is 0.0700. The fraction of sp³-hybridized carbons (Fsp3) is 0.444. The van der Waals surface area contributed by atoms with Gasteiger partial charge in [0.15, 0.2) is 0 Å². The Balaban J connectivity index is 2.07. The summed E-state index contributed by atoms with van der Waals surface area (Å²) in [7, 11) is 0. The number of benzene rings is 1. The molecular weight excluding hydrogens is 357 g/mol. The molecule has 0 aromatic heterocycles. The third-order valence-corrected chi connectivity index (χ3v) is 4.44. The predicted octanol–water partition coefficient (Wildman–Crippen LogP) is 1.35. The first-order valence-electron chi connectivity index (χ1n) is 8.37. The van der Waals surface area contributed by atoms with Crippen molar-refractivity contribution in [3.8, 4) is 0 Å². The van der Waals surface area contributed by atoms with E-state index < -0.39 is 47.3 Å². The number of carbonyl (C=O) groups excluding carboxylic acids is 3. The van der Waals surface area contributed by atoms with Gasteiger partial charge in [-0.3, -0.25) is 19.3 Å². The van der Waals surface area contributed by atoms with Crippen LogP contribution in [0.4, 0.5) is 9.18 Å². The molecule has 8 nitrogen and oxygen atoms in total. The lowest BCUT2D eigenvalue weighted by atomic mass is 9.92. The number of nitrogens with zero attached hydrogens (tertiary/aromatic N) is 1. The average molecular weight is 379 g/mol. The van der Waals surface area contributed by atoms with Gasteiger partial charge in [-0.15, -0.1) is 0 Å². The number of aliphatic carboxylic acids is 1. The van der Waals surface area contributed by atoms with Crippen molar-refractivity contribution in [1.29, 1.82) is 0 Å². The molecule has 1 fully saturated rings. The van der Waals surface area contributed by atoms with Gasteiger partial charge in [0.1, 0.15) is 17.9 Å². The molecule has 1 aliphatic rings. The highest BCUT2D eigenvalue weighted by atomic mass is 19.1. The molecule has 1 aliphatic heterocycles. The lowest BCUT2D eigenvalue weighted by Gasteiger charge is -2.27. The summed E-state index contributed by atoms with van der Waals surface area (Å²) >= 11 is 0. The molecule has 146 valence electrons. The Bertz CT molecular complexity index is 778. The number of rotatable bonds is 7. The zero-order valence-electron chi connectivity index (χ0n) is 15.3. The van der Waals surface area contributed by atoms with E-state index in [4.69, 9.17) is 5.11 Å². The minimum absolute atomic E-state index is 0.126. The second kappa shape index (κ2) is 7.34. The Kier molecular flexibility index (Phi) is 5.53. The second-order valence-corrected chi connectivity index (χ2v) is 7.28. The fourth-order valence-corrected chi connectivity index (χ4v) is 2.86. The smallest absolute Gasteiger partial charge is 0.325 e. The highest BCUT2D eigenvalue weighted by molar-refractivity contribution is 6.09. The second-order valence-electron chi connectivity index (χ2n) is 7.28. The monoisotopic (exact) mass is 379 g/mol. The Morgan fingerprint density at radius 2 is 1.85 bits per heavy atom. The van der Waals surface area contributed by atoms with Gasteiger partial charge in [0.2, 0.25) is 5.91 Å². The Labute approximate surface area is 155 Å². The summed E-state index contributed by atoms with van der Waals surface area (Å²) < 4.78 is 13.1. The molecule has 0 bridgehead atoms. The van der Waals surface area contributed by atoms with E-state index in [-0.39, 0.29) is 12.8 Å². The van der Waals surface area contributed by atoms with Crippen LogP contribution >= 0.6 is 0 Å². The quantitative estimate of drug-likeness (QED) is 0.619. The van der Waals surface area contributed by atoms with Crippen LogP contribution in [0.15, 0.2) is 24.3 Å². The molecule has 0 saturated carbocycles. The SMILES string of the molecule is CC(C)(CCC(=O)O)NC(=O)CN1C(=O)N[C@@](C)(c2ccc(F)cc2)C1=O. The number of nitrogens with one attached hydrogen (secondary N) is 2. The highest BCUT2D eigenvalue weighted by Gasteiger charge is 2.49. The number of urea groups is 1. The number of halogens is 1. The fourth-order valence-electron chi connectivity index (χ4n) is 2.86. The average Bonchev–Trinajstić information content (AvgIpc) is 2.77. The summed E-state index contributed by atoms with van der Waals surface area (Å²) in [6.45, 7) is 4.29. The van der Waals surface area contributed by atoms with Crippen LogP contribution in [0, 0.1) is 5.82 Å². The van der Waals surface area contributed by atoms with Crippen molar-refractivity contribution >= 4 is 23.8 Å². The maximum Gasteiger partial charge on any atom is 0.325 e. The Hall–Kier alpha value is -2.97. The molecule has 3 N–H and O–H groups in total. The van der Waals surface area contributed by atoms with E-state index in [2.05, 4.69) is 10.6 Å². The molecule has 4 amide bonds. The molecule has 9 heteroatoms. The number of hydrogen-bond donors (Lipinski definition) is 3. The zero-order chi connectivity index (χ0) is 20.4. The standard InChI is InChI=1S/C18H22FN3O5/c1-17(2,9-8-14(24)25)20-13(23)10-22-15(26)18(3,21-16(22)27)11-4-6-12(19)7-5-11/h4-7H,8-10H2,1-3H3,(H,20,23)(H,21,27)(H,24,25)/t18-/m0/s1. The van der Waals surface area contributed by atoms with Gasteiger partial charge in [0, 0.05) is 12.0 Å². The number of amides is 4. The molecule has 1 aromatic rings. The van der Waals surface area contributed by atoms with E-state index >= 15 is 0 Å². The van der Waals surface area contributed by atoms with E-state index in [9.17, 15) is 23.6 Å². The van der Waals surface area contributed by atoms with Crippen LogP contribution in [0.3, 0.4) is 0 Å².